The molecule has 0 aliphatic carbocycles. The second kappa shape index (κ2) is 6.11. The van der Waals surface area contributed by atoms with Crippen molar-refractivity contribution in [2.45, 2.75) is 6.92 Å². The van der Waals surface area contributed by atoms with Crippen LogP contribution in [0.25, 0.3) is 0 Å². The molecule has 3 nitrogen and oxygen atoms in total. The molecule has 21 heavy (non-hydrogen) atoms. The number of nitrogen functional groups attached to an aromatic ring is 1. The highest BCUT2D eigenvalue weighted by Crippen LogP contribution is 2.31. The number of amides is 1. The summed E-state index contributed by atoms with van der Waals surface area (Å²) in [5.74, 6) is -2.82. The van der Waals surface area contributed by atoms with Crippen molar-refractivity contribution in [2.24, 2.45) is 0 Å². The molecule has 0 fully saturated rings. The quantitative estimate of drug-likeness (QED) is 0.697. The van der Waals surface area contributed by atoms with E-state index in [0.717, 1.165) is 17.7 Å². The van der Waals surface area contributed by atoms with E-state index in [2.05, 4.69) is 37.2 Å². The molecule has 0 unspecified atom stereocenters. The van der Waals surface area contributed by atoms with Crippen molar-refractivity contribution in [3.63, 3.8) is 0 Å². The Morgan fingerprint density at radius 3 is 2.24 bits per heavy atom. The summed E-state index contributed by atoms with van der Waals surface area (Å²) in [6.45, 7) is 1.83. The van der Waals surface area contributed by atoms with Gasteiger partial charge in [-0.1, -0.05) is 15.9 Å². The predicted octanol–water partition coefficient (Wildman–Crippen LogP) is 4.63. The van der Waals surface area contributed by atoms with Crippen molar-refractivity contribution >= 4 is 49.1 Å². The Bertz CT molecular complexity index is 689. The van der Waals surface area contributed by atoms with Crippen LogP contribution in [0.2, 0.25) is 0 Å². The monoisotopic (exact) mass is 418 g/mol. The van der Waals surface area contributed by atoms with Gasteiger partial charge in [-0.3, -0.25) is 4.79 Å². The summed E-state index contributed by atoms with van der Waals surface area (Å²) in [5.41, 5.74) is 6.60. The SMILES string of the molecule is Cc1cc(N)c(NC(=O)c2c(F)cc(Br)cc2F)c(Br)c1. The fourth-order valence-electron chi connectivity index (χ4n) is 1.84. The van der Waals surface area contributed by atoms with Crippen LogP contribution in [-0.2, 0) is 0 Å². The van der Waals surface area contributed by atoms with Crippen LogP contribution in [0, 0.1) is 18.6 Å². The van der Waals surface area contributed by atoms with Crippen LogP contribution >= 0.6 is 31.9 Å². The smallest absolute Gasteiger partial charge is 0.261 e. The highest BCUT2D eigenvalue weighted by atomic mass is 79.9. The van der Waals surface area contributed by atoms with E-state index in [1.54, 1.807) is 12.1 Å². The first kappa shape index (κ1) is 15.9. The van der Waals surface area contributed by atoms with Gasteiger partial charge >= 0.3 is 0 Å². The molecule has 0 aliphatic heterocycles. The maximum Gasteiger partial charge on any atom is 0.261 e. The molecule has 3 N–H and O–H groups in total. The van der Waals surface area contributed by atoms with E-state index in [9.17, 15) is 13.6 Å². The predicted molar refractivity (Wildman–Crippen MR) is 85.3 cm³/mol. The van der Waals surface area contributed by atoms with Crippen molar-refractivity contribution in [3.8, 4) is 0 Å². The maximum absolute atomic E-state index is 13.8. The van der Waals surface area contributed by atoms with Gasteiger partial charge in [0.25, 0.3) is 5.91 Å². The van der Waals surface area contributed by atoms with E-state index in [1.807, 2.05) is 6.92 Å². The van der Waals surface area contributed by atoms with Crippen LogP contribution in [0.4, 0.5) is 20.2 Å². The molecular weight excluding hydrogens is 410 g/mol. The number of aryl methyl sites for hydroxylation is 1. The van der Waals surface area contributed by atoms with Gasteiger partial charge in [-0.25, -0.2) is 8.78 Å². The summed E-state index contributed by atoms with van der Waals surface area (Å²) in [6, 6.07) is 5.42. The molecular formula is C14H10Br2F2N2O. The van der Waals surface area contributed by atoms with Crippen LogP contribution in [-0.4, -0.2) is 5.91 Å². The van der Waals surface area contributed by atoms with E-state index >= 15 is 0 Å². The number of anilines is 2. The Morgan fingerprint density at radius 2 is 1.71 bits per heavy atom. The molecule has 1 amide bonds. The van der Waals surface area contributed by atoms with Gasteiger partial charge in [-0.15, -0.1) is 0 Å². The van der Waals surface area contributed by atoms with Gasteiger partial charge in [0.05, 0.1) is 11.4 Å². The Labute approximate surface area is 136 Å². The summed E-state index contributed by atoms with van der Waals surface area (Å²) in [6.07, 6.45) is 0. The van der Waals surface area contributed by atoms with Crippen molar-refractivity contribution < 1.29 is 13.6 Å². The van der Waals surface area contributed by atoms with Gasteiger partial charge in [0.15, 0.2) is 0 Å². The van der Waals surface area contributed by atoms with Crippen LogP contribution in [0.5, 0.6) is 0 Å². The zero-order valence-electron chi connectivity index (χ0n) is 10.8. The lowest BCUT2D eigenvalue weighted by atomic mass is 10.1. The molecule has 0 heterocycles. The average Bonchev–Trinajstić information content (AvgIpc) is 2.32. The largest absolute Gasteiger partial charge is 0.397 e. The van der Waals surface area contributed by atoms with Crippen molar-refractivity contribution in [1.82, 2.24) is 0 Å². The van der Waals surface area contributed by atoms with Gasteiger partial charge in [-0.2, -0.15) is 0 Å². The van der Waals surface area contributed by atoms with Crippen LogP contribution in [0.3, 0.4) is 0 Å². The molecule has 110 valence electrons. The molecule has 0 aromatic heterocycles. The van der Waals surface area contributed by atoms with E-state index in [1.165, 1.54) is 0 Å². The topological polar surface area (TPSA) is 55.1 Å². The lowest BCUT2D eigenvalue weighted by molar-refractivity contribution is 0.101. The summed E-state index contributed by atoms with van der Waals surface area (Å²) in [5, 5.41) is 2.42. The molecule has 0 bridgehead atoms. The molecule has 2 rings (SSSR count). The van der Waals surface area contributed by atoms with Crippen molar-refractivity contribution in [3.05, 3.63) is 56.0 Å². The molecule has 0 radical (unpaired) electrons. The number of halogens is 4. The molecule has 0 saturated carbocycles. The second-order valence-electron chi connectivity index (χ2n) is 4.41. The summed E-state index contributed by atoms with van der Waals surface area (Å²) in [7, 11) is 0. The fourth-order valence-corrected chi connectivity index (χ4v) is 2.93. The van der Waals surface area contributed by atoms with Crippen LogP contribution in [0.15, 0.2) is 33.2 Å². The second-order valence-corrected chi connectivity index (χ2v) is 6.18. The number of benzene rings is 2. The van der Waals surface area contributed by atoms with Gasteiger partial charge in [0.2, 0.25) is 0 Å². The normalized spacial score (nSPS) is 10.5. The van der Waals surface area contributed by atoms with E-state index in [0.29, 0.717) is 10.2 Å². The molecule has 0 atom stereocenters. The highest BCUT2D eigenvalue weighted by molar-refractivity contribution is 9.10. The molecule has 0 spiro atoms. The lowest BCUT2D eigenvalue weighted by Crippen LogP contribution is -2.17. The maximum atomic E-state index is 13.8. The van der Waals surface area contributed by atoms with Gasteiger partial charge < -0.3 is 11.1 Å². The average molecular weight is 420 g/mol. The van der Waals surface area contributed by atoms with Gasteiger partial charge in [0, 0.05) is 8.95 Å². The molecule has 2 aromatic carbocycles. The minimum absolute atomic E-state index is 0.213. The highest BCUT2D eigenvalue weighted by Gasteiger charge is 2.20. The number of rotatable bonds is 2. The third-order valence-corrected chi connectivity index (χ3v) is 3.82. The Morgan fingerprint density at radius 1 is 1.14 bits per heavy atom. The molecule has 0 saturated heterocycles. The summed E-state index contributed by atoms with van der Waals surface area (Å²) in [4.78, 5) is 12.1. The Balaban J connectivity index is 2.40. The molecule has 0 aliphatic rings. The number of carbonyl (C=O) groups is 1. The van der Waals surface area contributed by atoms with E-state index in [4.69, 9.17) is 5.73 Å². The number of nitrogens with one attached hydrogen (secondary N) is 1. The van der Waals surface area contributed by atoms with Crippen LogP contribution < -0.4 is 11.1 Å². The summed E-state index contributed by atoms with van der Waals surface area (Å²) < 4.78 is 28.3. The lowest BCUT2D eigenvalue weighted by Gasteiger charge is -2.12. The first-order chi connectivity index (χ1) is 9.79. The van der Waals surface area contributed by atoms with E-state index in [-0.39, 0.29) is 10.2 Å². The van der Waals surface area contributed by atoms with E-state index < -0.39 is 23.1 Å². The van der Waals surface area contributed by atoms with Gasteiger partial charge in [0.1, 0.15) is 17.2 Å². The number of nitrogens with two attached hydrogens (primary N) is 1. The minimum atomic E-state index is -0.957. The fraction of sp³-hybridized carbons (Fsp3) is 0.0714. The number of hydrogen-bond donors (Lipinski definition) is 2. The zero-order valence-corrected chi connectivity index (χ0v) is 14.0. The number of carbonyl (C=O) groups excluding carboxylic acids is 1. The zero-order chi connectivity index (χ0) is 15.7. The van der Waals surface area contributed by atoms with Crippen molar-refractivity contribution in [2.75, 3.05) is 11.1 Å². The molecule has 7 heteroatoms. The standard InChI is InChI=1S/C14H10Br2F2N2O/c1-6-2-8(16)13(11(19)3-6)20-14(21)12-9(17)4-7(15)5-10(12)18/h2-5H,19H2,1H3,(H,20,21). The molecule has 2 aromatic rings. The minimum Gasteiger partial charge on any atom is -0.397 e. The van der Waals surface area contributed by atoms with Crippen LogP contribution in [0.1, 0.15) is 15.9 Å². The van der Waals surface area contributed by atoms with Gasteiger partial charge in [-0.05, 0) is 52.7 Å². The Hall–Kier alpha value is -1.47. The Kier molecular flexibility index (Phi) is 4.63. The third-order valence-electron chi connectivity index (χ3n) is 2.74. The van der Waals surface area contributed by atoms with Crippen molar-refractivity contribution in [1.29, 1.82) is 0 Å². The number of hydrogen-bond acceptors (Lipinski definition) is 2. The first-order valence-electron chi connectivity index (χ1n) is 5.81. The summed E-state index contributed by atoms with van der Waals surface area (Å²) >= 11 is 6.21. The first-order valence-corrected chi connectivity index (χ1v) is 7.39. The third kappa shape index (κ3) is 3.41.